The maximum atomic E-state index is 5.24. The predicted molar refractivity (Wildman–Crippen MR) is 98.8 cm³/mol. The lowest BCUT2D eigenvalue weighted by Crippen LogP contribution is -2.43. The van der Waals surface area contributed by atoms with Gasteiger partial charge in [-0.05, 0) is 26.0 Å². The van der Waals surface area contributed by atoms with Crippen LogP contribution in [0.25, 0.3) is 0 Å². The Morgan fingerprint density at radius 2 is 2.12 bits per heavy atom. The quantitative estimate of drug-likeness (QED) is 0.594. The van der Waals surface area contributed by atoms with Crippen LogP contribution in [-0.2, 0) is 12.8 Å². The van der Waals surface area contributed by atoms with E-state index in [9.17, 15) is 0 Å². The molecule has 24 heavy (non-hydrogen) atoms. The lowest BCUT2D eigenvalue weighted by Gasteiger charge is -2.17. The monoisotopic (exact) mass is 349 g/mol. The summed E-state index contributed by atoms with van der Waals surface area (Å²) in [5.74, 6) is 2.49. The van der Waals surface area contributed by atoms with Crippen LogP contribution in [0.4, 0.5) is 0 Å². The maximum absolute atomic E-state index is 5.24. The van der Waals surface area contributed by atoms with Gasteiger partial charge in [-0.3, -0.25) is 4.99 Å². The van der Waals surface area contributed by atoms with Crippen LogP contribution in [0, 0.1) is 6.92 Å². The summed E-state index contributed by atoms with van der Waals surface area (Å²) < 4.78 is 5.24. The molecule has 0 fully saturated rings. The van der Waals surface area contributed by atoms with Crippen molar-refractivity contribution >= 4 is 17.3 Å². The van der Waals surface area contributed by atoms with E-state index in [1.165, 1.54) is 9.75 Å². The third-order valence-corrected chi connectivity index (χ3v) is 4.56. The molecule has 132 valence electrons. The summed E-state index contributed by atoms with van der Waals surface area (Å²) in [6, 6.07) is 4.66. The average molecular weight is 350 g/mol. The first-order chi connectivity index (χ1) is 11.5. The predicted octanol–water partition coefficient (Wildman–Crippen LogP) is 2.90. The van der Waals surface area contributed by atoms with Gasteiger partial charge in [0.05, 0.1) is 0 Å². The number of aromatic nitrogens is 2. The minimum Gasteiger partial charge on any atom is -0.356 e. The smallest absolute Gasteiger partial charge is 0.228 e. The van der Waals surface area contributed by atoms with Crippen LogP contribution >= 0.6 is 11.3 Å². The molecule has 2 aromatic rings. The van der Waals surface area contributed by atoms with Gasteiger partial charge in [-0.2, -0.15) is 4.98 Å². The van der Waals surface area contributed by atoms with E-state index in [-0.39, 0.29) is 5.92 Å². The molecule has 0 aromatic carbocycles. The Morgan fingerprint density at radius 3 is 2.71 bits per heavy atom. The minimum absolute atomic E-state index is 0.284. The van der Waals surface area contributed by atoms with Crippen molar-refractivity contribution in [1.29, 1.82) is 0 Å². The Balaban J connectivity index is 1.75. The van der Waals surface area contributed by atoms with Crippen LogP contribution in [0.15, 0.2) is 21.6 Å². The molecule has 1 atom stereocenters. The van der Waals surface area contributed by atoms with Crippen molar-refractivity contribution < 1.29 is 4.52 Å². The molecule has 0 aliphatic carbocycles. The molecular weight excluding hydrogens is 322 g/mol. The standard InChI is InChI=1S/C17H27N5OS/c1-11(2)16-21-15(23-22-16)8-9-19-17(18-5)20-12(3)10-14-7-6-13(4)24-14/h6-7,11-12H,8-10H2,1-5H3,(H2,18,19,20). The normalized spacial score (nSPS) is 13.3. The Morgan fingerprint density at radius 1 is 1.33 bits per heavy atom. The molecule has 0 saturated heterocycles. The van der Waals surface area contributed by atoms with Gasteiger partial charge in [-0.25, -0.2) is 0 Å². The van der Waals surface area contributed by atoms with E-state index >= 15 is 0 Å². The third-order valence-electron chi connectivity index (χ3n) is 3.54. The largest absolute Gasteiger partial charge is 0.356 e. The van der Waals surface area contributed by atoms with E-state index in [1.54, 1.807) is 7.05 Å². The van der Waals surface area contributed by atoms with Crippen LogP contribution in [-0.4, -0.2) is 35.7 Å². The molecule has 2 N–H and O–H groups in total. The fourth-order valence-electron chi connectivity index (χ4n) is 2.27. The van der Waals surface area contributed by atoms with E-state index in [0.29, 0.717) is 24.9 Å². The second-order valence-electron chi connectivity index (χ2n) is 6.21. The number of hydrogen-bond acceptors (Lipinski definition) is 5. The molecule has 2 rings (SSSR count). The van der Waals surface area contributed by atoms with Crippen LogP contribution in [0.1, 0.15) is 48.2 Å². The summed E-state index contributed by atoms with van der Waals surface area (Å²) in [5, 5.41) is 10.7. The summed E-state index contributed by atoms with van der Waals surface area (Å²) in [4.78, 5) is 11.4. The summed E-state index contributed by atoms with van der Waals surface area (Å²) in [5.41, 5.74) is 0. The van der Waals surface area contributed by atoms with Gasteiger partial charge in [0.2, 0.25) is 5.89 Å². The number of aryl methyl sites for hydroxylation is 1. The maximum Gasteiger partial charge on any atom is 0.228 e. The zero-order valence-electron chi connectivity index (χ0n) is 15.1. The van der Waals surface area contributed by atoms with Crippen molar-refractivity contribution in [2.75, 3.05) is 13.6 Å². The Kier molecular flexibility index (Phi) is 6.78. The van der Waals surface area contributed by atoms with E-state index < -0.39 is 0 Å². The molecular formula is C17H27N5OS. The summed E-state index contributed by atoms with van der Waals surface area (Å²) in [6.45, 7) is 9.10. The van der Waals surface area contributed by atoms with Crippen molar-refractivity contribution in [3.63, 3.8) is 0 Å². The highest BCUT2D eigenvalue weighted by atomic mass is 32.1. The van der Waals surface area contributed by atoms with Gasteiger partial charge in [-0.15, -0.1) is 11.3 Å². The number of nitrogens with one attached hydrogen (secondary N) is 2. The highest BCUT2D eigenvalue weighted by molar-refractivity contribution is 7.11. The lowest BCUT2D eigenvalue weighted by molar-refractivity contribution is 0.371. The molecule has 0 radical (unpaired) electrons. The summed E-state index contributed by atoms with van der Waals surface area (Å²) in [7, 11) is 1.78. The molecule has 2 aromatic heterocycles. The minimum atomic E-state index is 0.284. The number of rotatable bonds is 7. The second kappa shape index (κ2) is 8.82. The van der Waals surface area contributed by atoms with Crippen LogP contribution in [0.5, 0.6) is 0 Å². The Labute approximate surface area is 147 Å². The molecule has 0 spiro atoms. The van der Waals surface area contributed by atoms with Crippen molar-refractivity contribution in [3.8, 4) is 0 Å². The number of guanidine groups is 1. The average Bonchev–Trinajstić information content (AvgIpc) is 3.15. The van der Waals surface area contributed by atoms with E-state index in [4.69, 9.17) is 4.52 Å². The van der Waals surface area contributed by atoms with Gasteiger partial charge < -0.3 is 15.2 Å². The zero-order chi connectivity index (χ0) is 17.5. The first-order valence-electron chi connectivity index (χ1n) is 8.33. The zero-order valence-corrected chi connectivity index (χ0v) is 15.9. The van der Waals surface area contributed by atoms with Crippen molar-refractivity contribution in [2.24, 2.45) is 4.99 Å². The van der Waals surface area contributed by atoms with Gasteiger partial charge in [0, 0.05) is 48.1 Å². The first-order valence-corrected chi connectivity index (χ1v) is 9.14. The molecule has 0 saturated carbocycles. The molecule has 0 aliphatic rings. The highest BCUT2D eigenvalue weighted by Crippen LogP contribution is 2.16. The number of aliphatic imine (C=N–C) groups is 1. The van der Waals surface area contributed by atoms with Gasteiger partial charge in [0.15, 0.2) is 11.8 Å². The van der Waals surface area contributed by atoms with Crippen LogP contribution in [0.3, 0.4) is 0 Å². The molecule has 7 heteroatoms. The number of hydrogen-bond donors (Lipinski definition) is 2. The van der Waals surface area contributed by atoms with Crippen LogP contribution in [0.2, 0.25) is 0 Å². The SMILES string of the molecule is CN=C(NCCc1nc(C(C)C)no1)NC(C)Cc1ccc(C)s1. The highest BCUT2D eigenvalue weighted by Gasteiger charge is 2.11. The van der Waals surface area contributed by atoms with E-state index in [2.05, 4.69) is 65.6 Å². The van der Waals surface area contributed by atoms with Gasteiger partial charge in [-0.1, -0.05) is 19.0 Å². The molecule has 0 bridgehead atoms. The fourth-order valence-corrected chi connectivity index (χ4v) is 3.29. The first kappa shape index (κ1) is 18.4. The van der Waals surface area contributed by atoms with E-state index in [1.807, 2.05) is 11.3 Å². The van der Waals surface area contributed by atoms with Gasteiger partial charge in [0.25, 0.3) is 0 Å². The Hall–Kier alpha value is -1.89. The van der Waals surface area contributed by atoms with Gasteiger partial charge >= 0.3 is 0 Å². The molecule has 0 aliphatic heterocycles. The Bertz CT molecular complexity index is 661. The summed E-state index contributed by atoms with van der Waals surface area (Å²) in [6.07, 6.45) is 1.67. The lowest BCUT2D eigenvalue weighted by atomic mass is 10.2. The topological polar surface area (TPSA) is 75.3 Å². The van der Waals surface area contributed by atoms with Crippen molar-refractivity contribution in [1.82, 2.24) is 20.8 Å². The molecule has 1 unspecified atom stereocenters. The van der Waals surface area contributed by atoms with Crippen LogP contribution < -0.4 is 10.6 Å². The molecule has 2 heterocycles. The van der Waals surface area contributed by atoms with Crippen molar-refractivity contribution in [3.05, 3.63) is 33.6 Å². The third kappa shape index (κ3) is 5.63. The molecule has 6 nitrogen and oxygen atoms in total. The number of thiophene rings is 1. The fraction of sp³-hybridized carbons (Fsp3) is 0.588. The van der Waals surface area contributed by atoms with Crippen molar-refractivity contribution in [2.45, 2.75) is 52.5 Å². The summed E-state index contributed by atoms with van der Waals surface area (Å²) >= 11 is 1.84. The van der Waals surface area contributed by atoms with E-state index in [0.717, 1.165) is 18.2 Å². The number of nitrogens with zero attached hydrogens (tertiary/aromatic N) is 3. The molecule has 0 amide bonds. The van der Waals surface area contributed by atoms with Gasteiger partial charge in [0.1, 0.15) is 0 Å². The second-order valence-corrected chi connectivity index (χ2v) is 7.58.